The Morgan fingerprint density at radius 2 is 1.70 bits per heavy atom. The largest absolute Gasteiger partial charge is 0.490 e. The molecule has 2 aliphatic heterocycles. The van der Waals surface area contributed by atoms with Crippen LogP contribution in [0, 0.1) is 21.4 Å². The maximum Gasteiger partial charge on any atom is 0.293 e. The van der Waals surface area contributed by atoms with Gasteiger partial charge in [0.25, 0.3) is 21.6 Å². The minimum atomic E-state index is -4.59. The molecule has 76 heavy (non-hydrogen) atoms. The summed E-state index contributed by atoms with van der Waals surface area (Å²) in [6.45, 7) is 12.3. The van der Waals surface area contributed by atoms with Crippen LogP contribution in [0.4, 0.5) is 17.1 Å². The van der Waals surface area contributed by atoms with E-state index in [9.17, 15) is 28.4 Å². The van der Waals surface area contributed by atoms with Crippen molar-refractivity contribution in [3.05, 3.63) is 142 Å². The first-order chi connectivity index (χ1) is 36.6. The van der Waals surface area contributed by atoms with Crippen LogP contribution in [0.15, 0.2) is 114 Å². The summed E-state index contributed by atoms with van der Waals surface area (Å²) in [7, 11) is -4.59. The third-order valence-corrected chi connectivity index (χ3v) is 18.2. The Kier molecular flexibility index (Phi) is 14.3. The van der Waals surface area contributed by atoms with Crippen molar-refractivity contribution in [3.63, 3.8) is 0 Å². The number of piperazine rings is 1. The van der Waals surface area contributed by atoms with Crippen molar-refractivity contribution in [2.75, 3.05) is 49.5 Å². The molecule has 1 amide bonds. The van der Waals surface area contributed by atoms with Gasteiger partial charge in [-0.05, 0) is 154 Å². The standard InChI is InChI=1S/C59H70N8O8S/c1-39(2)49-9-4-5-10-50(49)54-38-64(37-41-7-6-8-46(29-41)74-45-12-13-45)27-28-66(54)44-33-59(34-44)22-25-65(26-23-59)43-11-15-51(55(31-43)75-47-30-42-19-24-60-56(42)62-36-47)57(68)63-76(72,73)48-14-16-52(53(32-48)67(70)71)61-35-40-17-20-58(3,69)21-18-40/h4-11,14-16,19,24,29-32,36,39-40,44-45,54,61,69H,12-13,17-18,20-23,25-28,33-35,37-38H2,1-3H3,(H,60,62)(H,63,68)/t40-,54?,58-. The van der Waals surface area contributed by atoms with Gasteiger partial charge in [-0.2, -0.15) is 0 Å². The molecule has 5 aliphatic rings. The Bertz CT molecular complexity index is 3200. The van der Waals surface area contributed by atoms with E-state index in [-0.39, 0.29) is 34.4 Å². The molecule has 6 aromatic rings. The zero-order valence-corrected chi connectivity index (χ0v) is 44.6. The maximum absolute atomic E-state index is 14.1. The van der Waals surface area contributed by atoms with Gasteiger partial charge in [-0.1, -0.05) is 50.2 Å². The molecule has 4 heterocycles. The first-order valence-electron chi connectivity index (χ1n) is 27.2. The minimum absolute atomic E-state index is 0.0270. The van der Waals surface area contributed by atoms with Crippen LogP contribution in [-0.4, -0.2) is 101 Å². The molecule has 2 aromatic heterocycles. The summed E-state index contributed by atoms with van der Waals surface area (Å²) in [5.41, 5.74) is 4.90. The highest BCUT2D eigenvalue weighted by molar-refractivity contribution is 7.90. The Balaban J connectivity index is 0.774. The van der Waals surface area contributed by atoms with Gasteiger partial charge < -0.3 is 29.8 Å². The summed E-state index contributed by atoms with van der Waals surface area (Å²) >= 11 is 0. The number of aliphatic hydroxyl groups is 1. The summed E-state index contributed by atoms with van der Waals surface area (Å²) in [5.74, 6) is 1.15. The number of amides is 1. The molecule has 4 N–H and O–H groups in total. The lowest BCUT2D eigenvalue weighted by Crippen LogP contribution is -2.60. The molecule has 0 bridgehead atoms. The summed E-state index contributed by atoms with van der Waals surface area (Å²) in [5, 5.41) is 26.5. The van der Waals surface area contributed by atoms with Gasteiger partial charge in [0.05, 0.1) is 33.3 Å². The number of anilines is 2. The lowest BCUT2D eigenvalue weighted by molar-refractivity contribution is -0.384. The molecule has 0 radical (unpaired) electrons. The molecule has 1 atom stereocenters. The smallest absolute Gasteiger partial charge is 0.293 e. The second kappa shape index (κ2) is 21.1. The van der Waals surface area contributed by atoms with Gasteiger partial charge in [-0.25, -0.2) is 18.1 Å². The number of piperidine rings is 1. The van der Waals surface area contributed by atoms with Crippen molar-refractivity contribution in [2.24, 2.45) is 11.3 Å². The topological polar surface area (TPSA) is 195 Å². The monoisotopic (exact) mass is 1050 g/mol. The van der Waals surface area contributed by atoms with E-state index < -0.39 is 37.0 Å². The lowest BCUT2D eigenvalue weighted by atomic mass is 9.59. The number of hydrogen-bond acceptors (Lipinski definition) is 13. The number of pyridine rings is 1. The third-order valence-electron chi connectivity index (χ3n) is 16.9. The highest BCUT2D eigenvalue weighted by Gasteiger charge is 2.50. The summed E-state index contributed by atoms with van der Waals surface area (Å²) in [6, 6.07) is 30.9. The van der Waals surface area contributed by atoms with E-state index in [0.717, 1.165) is 114 Å². The quantitative estimate of drug-likeness (QED) is 0.0498. The molecule has 11 rings (SSSR count). The van der Waals surface area contributed by atoms with Crippen LogP contribution in [0.5, 0.6) is 17.2 Å². The molecule has 1 spiro atoms. The van der Waals surface area contributed by atoms with E-state index >= 15 is 0 Å². The zero-order valence-electron chi connectivity index (χ0n) is 43.7. The normalized spacial score (nSPS) is 22.4. The average Bonchev–Trinajstić information content (AvgIpc) is 4.11. The van der Waals surface area contributed by atoms with Crippen LogP contribution in [0.25, 0.3) is 11.0 Å². The van der Waals surface area contributed by atoms with Gasteiger partial charge in [0.2, 0.25) is 0 Å². The van der Waals surface area contributed by atoms with Gasteiger partial charge in [0.1, 0.15) is 28.6 Å². The summed E-state index contributed by atoms with van der Waals surface area (Å²) < 4.78 is 42.5. The highest BCUT2D eigenvalue weighted by Crippen LogP contribution is 2.53. The molecule has 2 saturated heterocycles. The Labute approximate surface area is 445 Å². The number of nitro groups is 1. The van der Waals surface area contributed by atoms with E-state index in [0.29, 0.717) is 48.8 Å². The number of sulfonamides is 1. The van der Waals surface area contributed by atoms with Crippen LogP contribution >= 0.6 is 0 Å². The van der Waals surface area contributed by atoms with E-state index in [1.165, 1.54) is 28.8 Å². The van der Waals surface area contributed by atoms with Crippen molar-refractivity contribution in [1.82, 2.24) is 24.5 Å². The van der Waals surface area contributed by atoms with E-state index in [1.54, 1.807) is 30.6 Å². The number of carbonyl (C=O) groups is 1. The predicted octanol–water partition coefficient (Wildman–Crippen LogP) is 10.7. The van der Waals surface area contributed by atoms with Crippen molar-refractivity contribution < 1.29 is 32.7 Å². The second-order valence-electron chi connectivity index (χ2n) is 22.8. The molecule has 5 fully saturated rings. The van der Waals surface area contributed by atoms with Crippen molar-refractivity contribution in [2.45, 2.75) is 126 Å². The van der Waals surface area contributed by atoms with Crippen LogP contribution < -0.4 is 24.4 Å². The minimum Gasteiger partial charge on any atom is -0.490 e. The number of aromatic nitrogens is 2. The fourth-order valence-electron chi connectivity index (χ4n) is 12.3. The number of fused-ring (bicyclic) bond motifs is 1. The van der Waals surface area contributed by atoms with Gasteiger partial charge in [0, 0.05) is 87.3 Å². The molecule has 3 saturated carbocycles. The first-order valence-corrected chi connectivity index (χ1v) is 28.7. The Hall–Kier alpha value is -6.53. The SMILES string of the molecule is CC(C)c1ccccc1C1CN(Cc2cccc(OC3CC3)c2)CCN1C1CC2(CCN(c3ccc(C(=O)NS(=O)(=O)c4ccc(NC[C@H]5CC[C@](C)(O)CC5)c([N+](=O)[O-])c4)c(Oc4cnc5[nH]ccc5c4)c3)CC2)C1. The van der Waals surface area contributed by atoms with Crippen LogP contribution in [-0.2, 0) is 16.6 Å². The number of benzene rings is 4. The number of nitrogens with one attached hydrogen (secondary N) is 3. The van der Waals surface area contributed by atoms with Crippen molar-refractivity contribution in [3.8, 4) is 17.2 Å². The Morgan fingerprint density at radius 3 is 2.46 bits per heavy atom. The molecule has 1 unspecified atom stereocenters. The number of nitro benzene ring substituents is 1. The first kappa shape index (κ1) is 51.6. The van der Waals surface area contributed by atoms with Crippen molar-refractivity contribution in [1.29, 1.82) is 0 Å². The average molecular weight is 1050 g/mol. The Morgan fingerprint density at radius 1 is 0.908 bits per heavy atom. The maximum atomic E-state index is 14.1. The number of aromatic amines is 1. The fraction of sp³-hybridized carbons (Fsp3) is 0.458. The van der Waals surface area contributed by atoms with E-state index in [1.807, 2.05) is 19.1 Å². The predicted molar refractivity (Wildman–Crippen MR) is 294 cm³/mol. The van der Waals surface area contributed by atoms with E-state index in [2.05, 4.69) is 97.1 Å². The number of ether oxygens (including phenoxy) is 2. The van der Waals surface area contributed by atoms with Crippen molar-refractivity contribution >= 4 is 44.0 Å². The number of hydrogen-bond donors (Lipinski definition) is 4. The molecule has 3 aliphatic carbocycles. The molecule has 400 valence electrons. The molecular formula is C59H70N8O8S. The number of carbonyl (C=O) groups excluding carboxylic acids is 1. The number of H-pyrrole nitrogens is 1. The molecule has 16 nitrogen and oxygen atoms in total. The van der Waals surface area contributed by atoms with Gasteiger partial charge in [0.15, 0.2) is 0 Å². The highest BCUT2D eigenvalue weighted by atomic mass is 32.2. The zero-order chi connectivity index (χ0) is 52.8. The van der Waals surface area contributed by atoms with Crippen LogP contribution in [0.3, 0.4) is 0 Å². The molecular weight excluding hydrogens is 981 g/mol. The second-order valence-corrected chi connectivity index (χ2v) is 24.5. The van der Waals surface area contributed by atoms with Gasteiger partial charge in [-0.15, -0.1) is 0 Å². The summed E-state index contributed by atoms with van der Waals surface area (Å²) in [6.07, 6.45) is 13.1. The lowest BCUT2D eigenvalue weighted by Gasteiger charge is -2.58. The van der Waals surface area contributed by atoms with E-state index in [4.69, 9.17) is 9.47 Å². The molecule has 17 heteroatoms. The van der Waals surface area contributed by atoms with Crippen LogP contribution in [0.2, 0.25) is 0 Å². The third kappa shape index (κ3) is 11.4. The molecule has 4 aromatic carbocycles. The van der Waals surface area contributed by atoms with Gasteiger partial charge in [-0.3, -0.25) is 24.7 Å². The fourth-order valence-corrected chi connectivity index (χ4v) is 13.3. The van der Waals surface area contributed by atoms with Crippen LogP contribution in [0.1, 0.15) is 124 Å². The number of nitrogens with zero attached hydrogens (tertiary/aromatic N) is 5. The number of rotatable bonds is 17. The summed E-state index contributed by atoms with van der Waals surface area (Å²) in [4.78, 5) is 40.6. The van der Waals surface area contributed by atoms with Gasteiger partial charge >= 0.3 is 0 Å².